The molecule has 0 aliphatic heterocycles. The van der Waals surface area contributed by atoms with Crippen LogP contribution in [0.25, 0.3) is 0 Å². The molecule has 0 spiro atoms. The van der Waals surface area contributed by atoms with E-state index in [0.717, 1.165) is 0 Å². The number of halogens is 1. The van der Waals surface area contributed by atoms with Crippen LogP contribution in [0.5, 0.6) is 0 Å². The van der Waals surface area contributed by atoms with E-state index < -0.39 is 0 Å². The van der Waals surface area contributed by atoms with E-state index in [1.165, 1.54) is 11.1 Å². The largest absolute Gasteiger partial charge is 0.370 e. The van der Waals surface area contributed by atoms with E-state index >= 15 is 0 Å². The maximum atomic E-state index is 5.64. The van der Waals surface area contributed by atoms with Gasteiger partial charge in [0.1, 0.15) is 0 Å². The summed E-state index contributed by atoms with van der Waals surface area (Å²) in [6, 6.07) is 8.22. The minimum atomic E-state index is 0. The van der Waals surface area contributed by atoms with Crippen molar-refractivity contribution in [3.05, 3.63) is 48.0 Å². The highest BCUT2D eigenvalue weighted by molar-refractivity contribution is 14.0. The first-order chi connectivity index (χ1) is 7.22. The topological polar surface area (TPSA) is 50.4 Å². The summed E-state index contributed by atoms with van der Waals surface area (Å²) >= 11 is 0. The molecule has 3 N–H and O–H groups in total. The Balaban J connectivity index is 0.00000225. The molecule has 0 saturated heterocycles. The lowest BCUT2D eigenvalue weighted by Gasteiger charge is -2.02. The highest BCUT2D eigenvalue weighted by Gasteiger charge is 1.92. The Bertz CT molecular complexity index is 361. The standard InChI is InChI=1S/C12H17N3.HI/c1-3-7-14-12(13)15-9-11-6-4-5-10(2)8-11;/h3-6,8H,1,7,9H2,2H3,(H3,13,14,15);1H. The summed E-state index contributed by atoms with van der Waals surface area (Å²) in [5.74, 6) is 0.455. The highest BCUT2D eigenvalue weighted by atomic mass is 127. The molecule has 0 bridgehead atoms. The van der Waals surface area contributed by atoms with Gasteiger partial charge in [0.25, 0.3) is 0 Å². The number of guanidine groups is 1. The average molecular weight is 331 g/mol. The van der Waals surface area contributed by atoms with Gasteiger partial charge in [-0.05, 0) is 12.5 Å². The molecule has 88 valence electrons. The van der Waals surface area contributed by atoms with Crippen molar-refractivity contribution in [3.8, 4) is 0 Å². The predicted octanol–water partition coefficient (Wildman–Crippen LogP) is 2.20. The van der Waals surface area contributed by atoms with Crippen LogP contribution in [0.15, 0.2) is 41.9 Å². The number of nitrogens with zero attached hydrogens (tertiary/aromatic N) is 1. The Morgan fingerprint density at radius 3 is 2.94 bits per heavy atom. The summed E-state index contributed by atoms with van der Waals surface area (Å²) in [5, 5.41) is 2.93. The number of aryl methyl sites for hydroxylation is 1. The third kappa shape index (κ3) is 5.75. The van der Waals surface area contributed by atoms with Crippen molar-refractivity contribution in [1.29, 1.82) is 0 Å². The second kappa shape index (κ2) is 8.15. The summed E-state index contributed by atoms with van der Waals surface area (Å²) in [5.41, 5.74) is 8.04. The second-order valence-corrected chi connectivity index (χ2v) is 3.36. The lowest BCUT2D eigenvalue weighted by Crippen LogP contribution is -2.31. The van der Waals surface area contributed by atoms with Crippen molar-refractivity contribution in [1.82, 2.24) is 5.32 Å². The molecule has 0 heterocycles. The van der Waals surface area contributed by atoms with Crippen molar-refractivity contribution in [3.63, 3.8) is 0 Å². The van der Waals surface area contributed by atoms with Crippen LogP contribution in [0.1, 0.15) is 11.1 Å². The number of hydrogen-bond acceptors (Lipinski definition) is 1. The molecule has 0 aliphatic carbocycles. The molecule has 1 aromatic rings. The zero-order valence-corrected chi connectivity index (χ0v) is 11.8. The van der Waals surface area contributed by atoms with E-state index in [2.05, 4.69) is 35.9 Å². The fourth-order valence-electron chi connectivity index (χ4n) is 1.22. The molecule has 16 heavy (non-hydrogen) atoms. The Morgan fingerprint density at radius 2 is 2.31 bits per heavy atom. The maximum Gasteiger partial charge on any atom is 0.189 e. The first kappa shape index (κ1) is 15.0. The molecule has 1 aromatic carbocycles. The third-order valence-electron chi connectivity index (χ3n) is 1.94. The lowest BCUT2D eigenvalue weighted by molar-refractivity contribution is 0.969. The zero-order valence-electron chi connectivity index (χ0n) is 9.44. The van der Waals surface area contributed by atoms with E-state index in [-0.39, 0.29) is 24.0 Å². The Morgan fingerprint density at radius 1 is 1.56 bits per heavy atom. The fourth-order valence-corrected chi connectivity index (χ4v) is 1.22. The summed E-state index contributed by atoms with van der Waals surface area (Å²) in [7, 11) is 0. The average Bonchev–Trinajstić information content (AvgIpc) is 2.23. The molecule has 0 aromatic heterocycles. The van der Waals surface area contributed by atoms with Crippen LogP contribution < -0.4 is 11.1 Å². The molecule has 1 rings (SSSR count). The van der Waals surface area contributed by atoms with Gasteiger partial charge >= 0.3 is 0 Å². The van der Waals surface area contributed by atoms with Crippen molar-refractivity contribution in [2.24, 2.45) is 10.7 Å². The number of nitrogens with one attached hydrogen (secondary N) is 1. The van der Waals surface area contributed by atoms with Gasteiger partial charge in [-0.1, -0.05) is 35.9 Å². The molecule has 0 radical (unpaired) electrons. The van der Waals surface area contributed by atoms with Crippen molar-refractivity contribution >= 4 is 29.9 Å². The molecule has 0 aliphatic rings. The number of rotatable bonds is 4. The van der Waals surface area contributed by atoms with Gasteiger partial charge in [-0.3, -0.25) is 0 Å². The molecule has 0 amide bonds. The zero-order chi connectivity index (χ0) is 11.1. The van der Waals surface area contributed by atoms with Crippen LogP contribution in [0, 0.1) is 6.92 Å². The SMILES string of the molecule is C=CCNC(N)=NCc1cccc(C)c1.I. The second-order valence-electron chi connectivity index (χ2n) is 3.36. The number of benzene rings is 1. The molecule has 4 heteroatoms. The molecular weight excluding hydrogens is 313 g/mol. The smallest absolute Gasteiger partial charge is 0.189 e. The quantitative estimate of drug-likeness (QED) is 0.385. The van der Waals surface area contributed by atoms with Gasteiger partial charge in [-0.2, -0.15) is 0 Å². The monoisotopic (exact) mass is 331 g/mol. The molecule has 0 unspecified atom stereocenters. The van der Waals surface area contributed by atoms with Crippen LogP contribution in [0.4, 0.5) is 0 Å². The third-order valence-corrected chi connectivity index (χ3v) is 1.94. The summed E-state index contributed by atoms with van der Waals surface area (Å²) in [4.78, 5) is 4.21. The summed E-state index contributed by atoms with van der Waals surface area (Å²) in [6.07, 6.45) is 1.75. The molecule has 0 fully saturated rings. The van der Waals surface area contributed by atoms with Crippen LogP contribution in [-0.4, -0.2) is 12.5 Å². The number of hydrogen-bond donors (Lipinski definition) is 2. The van der Waals surface area contributed by atoms with E-state index in [4.69, 9.17) is 5.73 Å². The normalized spacial score (nSPS) is 10.4. The summed E-state index contributed by atoms with van der Waals surface area (Å²) in [6.45, 7) is 6.90. The Kier molecular flexibility index (Phi) is 7.62. The number of aliphatic imine (C=N–C) groups is 1. The molecule has 0 saturated carbocycles. The van der Waals surface area contributed by atoms with E-state index in [0.29, 0.717) is 19.0 Å². The molecule has 0 atom stereocenters. The first-order valence-electron chi connectivity index (χ1n) is 4.92. The number of nitrogens with two attached hydrogens (primary N) is 1. The minimum Gasteiger partial charge on any atom is -0.370 e. The predicted molar refractivity (Wildman–Crippen MR) is 80.1 cm³/mol. The van der Waals surface area contributed by atoms with Gasteiger partial charge in [0.05, 0.1) is 6.54 Å². The van der Waals surface area contributed by atoms with Crippen LogP contribution in [-0.2, 0) is 6.54 Å². The lowest BCUT2D eigenvalue weighted by atomic mass is 10.1. The van der Waals surface area contributed by atoms with E-state index in [9.17, 15) is 0 Å². The van der Waals surface area contributed by atoms with Gasteiger partial charge in [0.2, 0.25) is 0 Å². The van der Waals surface area contributed by atoms with Crippen molar-refractivity contribution in [2.45, 2.75) is 13.5 Å². The summed E-state index contributed by atoms with van der Waals surface area (Å²) < 4.78 is 0. The van der Waals surface area contributed by atoms with Gasteiger partial charge in [0, 0.05) is 6.54 Å². The first-order valence-corrected chi connectivity index (χ1v) is 4.92. The van der Waals surface area contributed by atoms with Crippen LogP contribution in [0.3, 0.4) is 0 Å². The van der Waals surface area contributed by atoms with Crippen molar-refractivity contribution in [2.75, 3.05) is 6.54 Å². The van der Waals surface area contributed by atoms with Crippen molar-refractivity contribution < 1.29 is 0 Å². The van der Waals surface area contributed by atoms with E-state index in [1.54, 1.807) is 6.08 Å². The van der Waals surface area contributed by atoms with Gasteiger partial charge in [-0.15, -0.1) is 30.6 Å². The van der Waals surface area contributed by atoms with Crippen LogP contribution >= 0.6 is 24.0 Å². The maximum absolute atomic E-state index is 5.64. The fraction of sp³-hybridized carbons (Fsp3) is 0.250. The van der Waals surface area contributed by atoms with E-state index in [1.807, 2.05) is 12.1 Å². The Hall–Kier alpha value is -1.04. The highest BCUT2D eigenvalue weighted by Crippen LogP contribution is 2.04. The van der Waals surface area contributed by atoms with Crippen LogP contribution in [0.2, 0.25) is 0 Å². The molecule has 3 nitrogen and oxygen atoms in total. The van der Waals surface area contributed by atoms with Gasteiger partial charge in [-0.25, -0.2) is 4.99 Å². The minimum absolute atomic E-state index is 0. The van der Waals surface area contributed by atoms with Gasteiger partial charge < -0.3 is 11.1 Å². The molecular formula is C12H18IN3. The Labute approximate surface area is 114 Å². The van der Waals surface area contributed by atoms with Gasteiger partial charge in [0.15, 0.2) is 5.96 Å².